The van der Waals surface area contributed by atoms with Crippen molar-refractivity contribution in [1.82, 2.24) is 24.8 Å². The lowest BCUT2D eigenvalue weighted by molar-refractivity contribution is -0.149. The Morgan fingerprint density at radius 3 is 2.41 bits per heavy atom. The van der Waals surface area contributed by atoms with E-state index in [4.69, 9.17) is 33.7 Å². The van der Waals surface area contributed by atoms with Gasteiger partial charge in [0, 0.05) is 50.6 Å². The van der Waals surface area contributed by atoms with E-state index in [2.05, 4.69) is 25.0 Å². The van der Waals surface area contributed by atoms with Crippen molar-refractivity contribution in [2.45, 2.75) is 110 Å². The highest BCUT2D eigenvalue weighted by Crippen LogP contribution is 2.41. The fourth-order valence-corrected chi connectivity index (χ4v) is 7.30. The molecule has 51 heavy (non-hydrogen) atoms. The van der Waals surface area contributed by atoms with Crippen LogP contribution >= 0.6 is 0 Å². The predicted octanol–water partition coefficient (Wildman–Crippen LogP) is 6.86. The first-order chi connectivity index (χ1) is 24.1. The van der Waals surface area contributed by atoms with Crippen molar-refractivity contribution in [2.24, 2.45) is 5.92 Å². The Bertz CT molecular complexity index is 1730. The molecule has 3 fully saturated rings. The minimum Gasteiger partial charge on any atom is -0.493 e. The largest absolute Gasteiger partial charge is 0.493 e. The van der Waals surface area contributed by atoms with Gasteiger partial charge >= 0.3 is 6.09 Å². The number of carbonyl (C=O) groups excluding carboxylic acids is 2. The number of hydrogen-bond donors (Lipinski definition) is 1. The van der Waals surface area contributed by atoms with Gasteiger partial charge in [0.2, 0.25) is 0 Å². The Labute approximate surface area is 302 Å². The van der Waals surface area contributed by atoms with Crippen LogP contribution in [0.15, 0.2) is 24.5 Å². The number of nitrogens with one attached hydrogen (secondary N) is 1. The first kappa shape index (κ1) is 37.2. The zero-order chi connectivity index (χ0) is 36.6. The highest BCUT2D eigenvalue weighted by Gasteiger charge is 2.35. The highest BCUT2D eigenvalue weighted by atomic mass is 28.3. The summed E-state index contributed by atoms with van der Waals surface area (Å²) in [5, 5.41) is 3.25. The van der Waals surface area contributed by atoms with Crippen molar-refractivity contribution >= 4 is 31.1 Å². The molecule has 12 nitrogen and oxygen atoms in total. The van der Waals surface area contributed by atoms with Crippen molar-refractivity contribution in [1.29, 1.82) is 0 Å². The second-order valence-electron chi connectivity index (χ2n) is 16.5. The number of aromatic nitrogens is 3. The average molecular weight is 722 g/mol. The first-order valence-electron chi connectivity index (χ1n) is 18.4. The predicted molar refractivity (Wildman–Crippen MR) is 198 cm³/mol. The van der Waals surface area contributed by atoms with E-state index in [-0.39, 0.29) is 24.8 Å². The monoisotopic (exact) mass is 721 g/mol. The number of nitrogens with zero attached hydrogens (tertiary/aromatic N) is 4. The molecule has 2 aromatic heterocycles. The molecule has 2 aliphatic heterocycles. The average Bonchev–Trinajstić information content (AvgIpc) is 3.71. The smallest absolute Gasteiger partial charge is 0.410 e. The maximum absolute atomic E-state index is 14.2. The minimum absolute atomic E-state index is 0.102. The molecule has 3 aliphatic rings. The topological polar surface area (TPSA) is 126 Å². The second kappa shape index (κ2) is 14.8. The molecule has 3 aromatic rings. The zero-order valence-electron chi connectivity index (χ0n) is 31.6. The van der Waals surface area contributed by atoms with E-state index in [1.165, 1.54) is 19.2 Å². The van der Waals surface area contributed by atoms with E-state index in [1.807, 2.05) is 57.4 Å². The molecule has 1 saturated carbocycles. The van der Waals surface area contributed by atoms with Crippen LogP contribution in [0.2, 0.25) is 25.7 Å². The second-order valence-corrected chi connectivity index (χ2v) is 22.1. The Morgan fingerprint density at radius 1 is 1.06 bits per heavy atom. The summed E-state index contributed by atoms with van der Waals surface area (Å²) in [5.41, 5.74) is 4.22. The number of amides is 2. The maximum atomic E-state index is 14.2. The summed E-state index contributed by atoms with van der Waals surface area (Å²) in [6, 6.07) is 6.91. The third kappa shape index (κ3) is 8.93. The molecule has 2 amide bonds. The van der Waals surface area contributed by atoms with Crippen LogP contribution in [0.5, 0.6) is 5.75 Å². The SMILES string of the molecule is Cc1c(C(=O)NC2CCN(C(=O)OC(C)(C)C)CC2)c2ncnc(-c3cc(C4(C)OCCO4)ccc3OCC3CC3)c2n1COCC[Si](C)(C)C. The van der Waals surface area contributed by atoms with E-state index >= 15 is 0 Å². The van der Waals surface area contributed by atoms with Gasteiger partial charge in [0.05, 0.1) is 30.9 Å². The first-order valence-corrected chi connectivity index (χ1v) is 22.1. The van der Waals surface area contributed by atoms with Crippen molar-refractivity contribution in [3.63, 3.8) is 0 Å². The third-order valence-electron chi connectivity index (χ3n) is 9.79. The number of rotatable bonds is 12. The molecule has 13 heteroatoms. The standard InChI is InChI=1S/C38H55N5O7Si/c1-25-31(35(44)41-28-13-15-42(16-14-28)36(45)50-37(2,3)4)33-34(43(25)24-46-19-20-51(6,7)8)32(39-23-40-33)29-21-27(38(5)48-17-18-49-38)11-12-30(29)47-22-26-9-10-26/h11-12,21,23,26,28H,9-10,13-20,22,24H2,1-8H3,(H,41,44). The van der Waals surface area contributed by atoms with Gasteiger partial charge in [0.25, 0.3) is 5.91 Å². The van der Waals surface area contributed by atoms with Crippen LogP contribution in [0, 0.1) is 12.8 Å². The van der Waals surface area contributed by atoms with Gasteiger partial charge in [0.1, 0.15) is 35.6 Å². The Balaban J connectivity index is 1.35. The summed E-state index contributed by atoms with van der Waals surface area (Å²) in [6.07, 6.45) is 4.78. The highest BCUT2D eigenvalue weighted by molar-refractivity contribution is 6.76. The van der Waals surface area contributed by atoms with Gasteiger partial charge in [-0.05, 0) is 90.5 Å². The summed E-state index contributed by atoms with van der Waals surface area (Å²) in [4.78, 5) is 38.2. The third-order valence-corrected chi connectivity index (χ3v) is 11.5. The van der Waals surface area contributed by atoms with Crippen molar-refractivity contribution in [3.05, 3.63) is 41.3 Å². The van der Waals surface area contributed by atoms with Crippen LogP contribution in [-0.4, -0.2) is 90.7 Å². The lowest BCUT2D eigenvalue weighted by Gasteiger charge is -2.33. The molecular formula is C38H55N5O7Si. The summed E-state index contributed by atoms with van der Waals surface area (Å²) >= 11 is 0. The van der Waals surface area contributed by atoms with E-state index in [1.54, 1.807) is 4.90 Å². The van der Waals surface area contributed by atoms with Crippen molar-refractivity contribution in [3.8, 4) is 17.0 Å². The number of likely N-dealkylation sites (tertiary alicyclic amines) is 1. The lowest BCUT2D eigenvalue weighted by atomic mass is 10.0. The number of carbonyl (C=O) groups is 2. The Morgan fingerprint density at radius 2 is 1.76 bits per heavy atom. The quantitative estimate of drug-likeness (QED) is 0.158. The number of ether oxygens (including phenoxy) is 5. The van der Waals surface area contributed by atoms with E-state index in [0.29, 0.717) is 86.3 Å². The fourth-order valence-electron chi connectivity index (χ4n) is 6.54. The van der Waals surface area contributed by atoms with Crippen molar-refractivity contribution in [2.75, 3.05) is 39.5 Å². The Kier molecular flexibility index (Phi) is 10.8. The van der Waals surface area contributed by atoms with Gasteiger partial charge in [0.15, 0.2) is 5.79 Å². The van der Waals surface area contributed by atoms with Gasteiger partial charge in [-0.25, -0.2) is 14.8 Å². The van der Waals surface area contributed by atoms with Gasteiger partial charge < -0.3 is 38.5 Å². The number of piperidine rings is 1. The van der Waals surface area contributed by atoms with E-state index in [9.17, 15) is 9.59 Å². The number of benzene rings is 1. The van der Waals surface area contributed by atoms with Crippen LogP contribution in [0.4, 0.5) is 4.79 Å². The molecule has 278 valence electrons. The summed E-state index contributed by atoms with van der Waals surface area (Å²) < 4.78 is 32.4. The molecule has 0 radical (unpaired) electrons. The van der Waals surface area contributed by atoms with Gasteiger partial charge in [-0.1, -0.05) is 19.6 Å². The molecule has 1 N–H and O–H groups in total. The van der Waals surface area contributed by atoms with Crippen LogP contribution in [-0.2, 0) is 31.5 Å². The molecule has 2 saturated heterocycles. The number of hydrogen-bond acceptors (Lipinski definition) is 9. The molecule has 0 unspecified atom stereocenters. The van der Waals surface area contributed by atoms with E-state index < -0.39 is 19.5 Å². The molecule has 1 aliphatic carbocycles. The zero-order valence-corrected chi connectivity index (χ0v) is 32.6. The fraction of sp³-hybridized carbons (Fsp3) is 0.632. The van der Waals surface area contributed by atoms with E-state index in [0.717, 1.165) is 22.9 Å². The molecule has 0 spiro atoms. The summed E-state index contributed by atoms with van der Waals surface area (Å²) in [7, 11) is -1.33. The van der Waals surface area contributed by atoms with Crippen LogP contribution in [0.1, 0.15) is 75.0 Å². The molecule has 6 rings (SSSR count). The van der Waals surface area contributed by atoms with Crippen LogP contribution < -0.4 is 10.1 Å². The number of fused-ring (bicyclic) bond motifs is 1. The van der Waals surface area contributed by atoms with Gasteiger partial charge in [-0.15, -0.1) is 0 Å². The van der Waals surface area contributed by atoms with Gasteiger partial charge in [-0.3, -0.25) is 4.79 Å². The molecule has 0 atom stereocenters. The molecular weight excluding hydrogens is 667 g/mol. The van der Waals surface area contributed by atoms with Crippen LogP contribution in [0.3, 0.4) is 0 Å². The normalized spacial score (nSPS) is 18.3. The van der Waals surface area contributed by atoms with Crippen LogP contribution in [0.25, 0.3) is 22.3 Å². The van der Waals surface area contributed by atoms with Gasteiger partial charge in [-0.2, -0.15) is 0 Å². The molecule has 0 bridgehead atoms. The summed E-state index contributed by atoms with van der Waals surface area (Å²) in [5.74, 6) is 0.162. The molecule has 4 heterocycles. The minimum atomic E-state index is -1.33. The maximum Gasteiger partial charge on any atom is 0.410 e. The molecule has 1 aromatic carbocycles. The summed E-state index contributed by atoms with van der Waals surface area (Å²) in [6.45, 7) is 20.0. The lowest BCUT2D eigenvalue weighted by Crippen LogP contribution is -2.47. The van der Waals surface area contributed by atoms with Crippen molar-refractivity contribution < 1.29 is 33.3 Å². The Hall–Kier alpha value is -3.52.